The zero-order chi connectivity index (χ0) is 15.8. The molecule has 0 unspecified atom stereocenters. The highest BCUT2D eigenvalue weighted by molar-refractivity contribution is 5.78. The van der Waals surface area contributed by atoms with Gasteiger partial charge in [0.25, 0.3) is 0 Å². The fraction of sp³-hybridized carbons (Fsp3) is 0.333. The summed E-state index contributed by atoms with van der Waals surface area (Å²) in [6, 6.07) is 12.0. The molecule has 0 spiro atoms. The minimum Gasteiger partial charge on any atom is -0.427 e. The Morgan fingerprint density at radius 1 is 1.00 bits per heavy atom. The first-order valence-electron chi connectivity index (χ1n) is 8.14. The summed E-state index contributed by atoms with van der Waals surface area (Å²) in [4.78, 5) is 11.7. The fourth-order valence-corrected chi connectivity index (χ4v) is 3.24. The van der Waals surface area contributed by atoms with Gasteiger partial charge >= 0.3 is 0 Å². The summed E-state index contributed by atoms with van der Waals surface area (Å²) in [5.74, 6) is 1.48. The molecule has 1 fully saturated rings. The molecule has 0 bridgehead atoms. The summed E-state index contributed by atoms with van der Waals surface area (Å²) in [5.41, 5.74) is 3.41. The third-order valence-corrected chi connectivity index (χ3v) is 4.49. The van der Waals surface area contributed by atoms with Gasteiger partial charge in [-0.3, -0.25) is 0 Å². The second kappa shape index (κ2) is 5.57. The lowest BCUT2D eigenvalue weighted by atomic mass is 10.1. The number of benzene rings is 1. The Labute approximate surface area is 135 Å². The van der Waals surface area contributed by atoms with Gasteiger partial charge in [-0.25, -0.2) is 9.97 Å². The topological polar surface area (TPSA) is 54.2 Å². The van der Waals surface area contributed by atoms with E-state index < -0.39 is 0 Å². The lowest BCUT2D eigenvalue weighted by Gasteiger charge is -2.29. The molecule has 1 aromatic rings. The number of rotatable bonds is 2. The van der Waals surface area contributed by atoms with Crippen LogP contribution in [0, 0.1) is 6.92 Å². The van der Waals surface area contributed by atoms with Crippen LogP contribution >= 0.6 is 0 Å². The van der Waals surface area contributed by atoms with Crippen molar-refractivity contribution in [2.24, 2.45) is 0 Å². The van der Waals surface area contributed by atoms with Gasteiger partial charge < -0.3 is 10.1 Å². The van der Waals surface area contributed by atoms with Crippen molar-refractivity contribution in [3.8, 4) is 22.6 Å². The van der Waals surface area contributed by atoms with Gasteiger partial charge in [0.15, 0.2) is 5.82 Å². The smallest absolute Gasteiger partial charge is 0.159 e. The number of aryl methyl sites for hydroxylation is 1. The molecule has 3 aliphatic rings. The van der Waals surface area contributed by atoms with E-state index in [2.05, 4.69) is 9.88 Å². The van der Waals surface area contributed by atoms with Gasteiger partial charge in [-0.1, -0.05) is 30.3 Å². The molecule has 1 saturated heterocycles. The minimum atomic E-state index is 0.588. The highest BCUT2D eigenvalue weighted by Gasteiger charge is 2.25. The number of anilines is 1. The third kappa shape index (κ3) is 2.42. The molecule has 0 aliphatic carbocycles. The maximum Gasteiger partial charge on any atom is 0.159 e. The van der Waals surface area contributed by atoms with Crippen LogP contribution in [0.3, 0.4) is 0 Å². The molecule has 0 saturated carbocycles. The standard InChI is InChI=1S/C18H20N4O/c1-13-19-18(21-10-6-3-7-11-21)17-16(22(13)23)12-15(20-17)14-8-4-2-5-9-14/h2,4-5,8-9,12,23H,3,6-7,10-11H2,1H3. The SMILES string of the molecule is Cc1nc(N2CCCCC2)c2nc(-c3ccccc3)cc-2n1O. The molecule has 4 rings (SSSR count). The van der Waals surface area contributed by atoms with E-state index in [1.807, 2.05) is 43.3 Å². The number of piperidine rings is 1. The molecule has 23 heavy (non-hydrogen) atoms. The second-order valence-corrected chi connectivity index (χ2v) is 6.08. The molecule has 118 valence electrons. The predicted octanol–water partition coefficient (Wildman–Crippen LogP) is 3.59. The zero-order valence-corrected chi connectivity index (χ0v) is 13.2. The van der Waals surface area contributed by atoms with Gasteiger partial charge in [-0.2, -0.15) is 4.73 Å². The van der Waals surface area contributed by atoms with E-state index in [1.165, 1.54) is 19.3 Å². The van der Waals surface area contributed by atoms with Crippen molar-refractivity contribution in [3.63, 3.8) is 0 Å². The van der Waals surface area contributed by atoms with Crippen LogP contribution in [-0.2, 0) is 0 Å². The predicted molar refractivity (Wildman–Crippen MR) is 90.1 cm³/mol. The number of hydrogen-bond acceptors (Lipinski definition) is 4. The van der Waals surface area contributed by atoms with Crippen LogP contribution in [0.2, 0.25) is 0 Å². The molecule has 5 heteroatoms. The zero-order valence-electron chi connectivity index (χ0n) is 13.2. The first-order chi connectivity index (χ1) is 11.2. The summed E-state index contributed by atoms with van der Waals surface area (Å²) in [6.45, 7) is 3.83. The van der Waals surface area contributed by atoms with Crippen molar-refractivity contribution in [3.05, 3.63) is 42.2 Å². The highest BCUT2D eigenvalue weighted by atomic mass is 16.5. The Morgan fingerprint density at radius 3 is 2.48 bits per heavy atom. The Morgan fingerprint density at radius 2 is 1.74 bits per heavy atom. The molecule has 1 aromatic carbocycles. The van der Waals surface area contributed by atoms with E-state index in [9.17, 15) is 5.21 Å². The van der Waals surface area contributed by atoms with Crippen LogP contribution in [0.1, 0.15) is 25.1 Å². The summed E-state index contributed by atoms with van der Waals surface area (Å²) in [6.07, 6.45) is 3.64. The Bertz CT molecular complexity index is 790. The molecule has 3 aliphatic heterocycles. The molecule has 0 amide bonds. The summed E-state index contributed by atoms with van der Waals surface area (Å²) in [7, 11) is 0. The maximum absolute atomic E-state index is 10.3. The lowest BCUT2D eigenvalue weighted by Crippen LogP contribution is -2.31. The van der Waals surface area contributed by atoms with Crippen LogP contribution in [0.25, 0.3) is 22.6 Å². The van der Waals surface area contributed by atoms with Crippen LogP contribution in [-0.4, -0.2) is 33.0 Å². The molecule has 3 heterocycles. The molecule has 1 N–H and O–H groups in total. The van der Waals surface area contributed by atoms with E-state index in [4.69, 9.17) is 4.98 Å². The Hall–Kier alpha value is -2.56. The summed E-state index contributed by atoms with van der Waals surface area (Å²) >= 11 is 0. The number of hydrogen-bond donors (Lipinski definition) is 1. The molecule has 0 radical (unpaired) electrons. The van der Waals surface area contributed by atoms with E-state index in [0.717, 1.165) is 46.3 Å². The van der Waals surface area contributed by atoms with Gasteiger partial charge in [0.2, 0.25) is 0 Å². The van der Waals surface area contributed by atoms with Gasteiger partial charge in [-0.15, -0.1) is 0 Å². The van der Waals surface area contributed by atoms with E-state index in [-0.39, 0.29) is 0 Å². The van der Waals surface area contributed by atoms with Gasteiger partial charge in [0.05, 0.1) is 5.69 Å². The Kier molecular flexibility index (Phi) is 3.41. The number of fused-ring (bicyclic) bond motifs is 1. The molecular weight excluding hydrogens is 288 g/mol. The van der Waals surface area contributed by atoms with E-state index >= 15 is 0 Å². The minimum absolute atomic E-state index is 0.588. The van der Waals surface area contributed by atoms with Crippen LogP contribution in [0.5, 0.6) is 0 Å². The first-order valence-corrected chi connectivity index (χ1v) is 8.14. The normalized spacial score (nSPS) is 15.3. The van der Waals surface area contributed by atoms with E-state index in [0.29, 0.717) is 5.82 Å². The van der Waals surface area contributed by atoms with Crippen LogP contribution in [0.4, 0.5) is 5.82 Å². The van der Waals surface area contributed by atoms with Crippen LogP contribution < -0.4 is 4.90 Å². The van der Waals surface area contributed by atoms with E-state index in [1.54, 1.807) is 0 Å². The number of aromatic nitrogens is 3. The van der Waals surface area contributed by atoms with Crippen LogP contribution in [0.15, 0.2) is 36.4 Å². The molecule has 0 aromatic heterocycles. The van der Waals surface area contributed by atoms with Crippen molar-refractivity contribution in [2.45, 2.75) is 26.2 Å². The molecule has 5 nitrogen and oxygen atoms in total. The van der Waals surface area contributed by atoms with Crippen molar-refractivity contribution < 1.29 is 5.21 Å². The van der Waals surface area contributed by atoms with Gasteiger partial charge in [-0.05, 0) is 32.3 Å². The lowest BCUT2D eigenvalue weighted by molar-refractivity contribution is 0.178. The van der Waals surface area contributed by atoms with Crippen molar-refractivity contribution in [2.75, 3.05) is 18.0 Å². The van der Waals surface area contributed by atoms with Crippen molar-refractivity contribution in [1.29, 1.82) is 0 Å². The third-order valence-electron chi connectivity index (χ3n) is 4.49. The average molecular weight is 308 g/mol. The molecular formula is C18H20N4O. The largest absolute Gasteiger partial charge is 0.427 e. The first kappa shape index (κ1) is 14.1. The summed E-state index contributed by atoms with van der Waals surface area (Å²) in [5, 5.41) is 10.3. The van der Waals surface area contributed by atoms with Crippen molar-refractivity contribution >= 4 is 5.82 Å². The number of nitrogens with zero attached hydrogens (tertiary/aromatic N) is 4. The van der Waals surface area contributed by atoms with Crippen molar-refractivity contribution in [1.82, 2.24) is 14.7 Å². The second-order valence-electron chi connectivity index (χ2n) is 6.08. The van der Waals surface area contributed by atoms with Gasteiger partial charge in [0, 0.05) is 18.7 Å². The highest BCUT2D eigenvalue weighted by Crippen LogP contribution is 2.35. The Balaban J connectivity index is 1.87. The fourth-order valence-electron chi connectivity index (χ4n) is 3.24. The van der Waals surface area contributed by atoms with Gasteiger partial charge in [0.1, 0.15) is 17.2 Å². The average Bonchev–Trinajstić information content (AvgIpc) is 3.05. The maximum atomic E-state index is 10.3. The monoisotopic (exact) mass is 308 g/mol. The molecule has 0 atom stereocenters. The summed E-state index contributed by atoms with van der Waals surface area (Å²) < 4.78 is 1.14. The quantitative estimate of drug-likeness (QED) is 0.735.